The van der Waals surface area contributed by atoms with Crippen molar-refractivity contribution >= 4 is 66.6 Å². The molecule has 4 aromatic heterocycles. The van der Waals surface area contributed by atoms with Gasteiger partial charge in [0.25, 0.3) is 17.0 Å². The Morgan fingerprint density at radius 3 is 1.74 bits per heavy atom. The van der Waals surface area contributed by atoms with Crippen LogP contribution in [0.2, 0.25) is 0 Å². The second-order valence-electron chi connectivity index (χ2n) is 13.6. The van der Waals surface area contributed by atoms with E-state index in [1.807, 2.05) is 13.8 Å². The second kappa shape index (κ2) is 23.2. The van der Waals surface area contributed by atoms with Gasteiger partial charge < -0.3 is 11.5 Å². The normalized spacial score (nSPS) is 13.5. The fourth-order valence-electron chi connectivity index (χ4n) is 5.60. The first kappa shape index (κ1) is 51.7. The molecule has 1 aliphatic heterocycles. The summed E-state index contributed by atoms with van der Waals surface area (Å²) in [6.07, 6.45) is 0. The predicted octanol–water partition coefficient (Wildman–Crippen LogP) is 3.25. The second-order valence-corrected chi connectivity index (χ2v) is 15.5. The zero-order chi connectivity index (χ0) is 45.3. The molecule has 0 saturated heterocycles. The minimum absolute atomic E-state index is 0. The molecule has 0 radical (unpaired) electrons. The molecule has 62 heavy (non-hydrogen) atoms. The Morgan fingerprint density at radius 1 is 0.823 bits per heavy atom. The van der Waals surface area contributed by atoms with Gasteiger partial charge in [-0.25, -0.2) is 41.3 Å². The Balaban J connectivity index is 0.000000375. The number of hydrogen-bond acceptors (Lipinski definition) is 11. The smallest absolute Gasteiger partial charge is 1.00 e. The van der Waals surface area contributed by atoms with Gasteiger partial charge in [-0.1, -0.05) is 27.7 Å². The van der Waals surface area contributed by atoms with E-state index < -0.39 is 48.3 Å². The molecule has 1 N–H and O–H groups in total. The topological polar surface area (TPSA) is 164 Å². The molecule has 14 nitrogen and oxygen atoms in total. The molecule has 0 spiro atoms. The van der Waals surface area contributed by atoms with Crippen LogP contribution in [0, 0.1) is 23.7 Å². The van der Waals surface area contributed by atoms with Crippen molar-refractivity contribution in [2.75, 3.05) is 26.3 Å². The molecule has 330 valence electrons. The number of amides is 1. The molecule has 2 atom stereocenters. The Kier molecular flexibility index (Phi) is 19.3. The van der Waals surface area contributed by atoms with E-state index in [2.05, 4.69) is 32.9 Å². The number of fused-ring (bicyclic) bond motifs is 2. The number of carbonyl (C=O) groups excluding carboxylic acids is 1. The summed E-state index contributed by atoms with van der Waals surface area (Å²) >= 11 is 8.33. The van der Waals surface area contributed by atoms with Crippen LogP contribution in [-0.2, 0) is 18.8 Å². The molecular weight excluding hydrogens is 901 g/mol. The van der Waals surface area contributed by atoms with Crippen molar-refractivity contribution in [3.8, 4) is 11.4 Å². The van der Waals surface area contributed by atoms with Crippen LogP contribution in [0.5, 0.6) is 0 Å². The van der Waals surface area contributed by atoms with Crippen molar-refractivity contribution in [1.29, 1.82) is 0 Å². The van der Waals surface area contributed by atoms with E-state index in [-0.39, 0.29) is 72.2 Å². The fourth-order valence-corrected chi connectivity index (χ4v) is 7.54. The number of halogens is 7. The van der Waals surface area contributed by atoms with Crippen molar-refractivity contribution < 1.29 is 66.9 Å². The third-order valence-corrected chi connectivity index (χ3v) is 11.1. The van der Waals surface area contributed by atoms with Gasteiger partial charge in [0.15, 0.2) is 0 Å². The van der Waals surface area contributed by atoms with Crippen LogP contribution < -0.4 is 57.4 Å². The van der Waals surface area contributed by atoms with Gasteiger partial charge in [0.1, 0.15) is 18.0 Å². The minimum atomic E-state index is -1.75. The van der Waals surface area contributed by atoms with Gasteiger partial charge in [0.05, 0.1) is 38.9 Å². The molecule has 1 aliphatic rings. The molecule has 1 amide bonds. The minimum Gasteiger partial charge on any atom is -1.00 e. The van der Waals surface area contributed by atoms with E-state index in [1.165, 1.54) is 31.7 Å². The molecule has 24 heteroatoms. The molecule has 5 heterocycles. The summed E-state index contributed by atoms with van der Waals surface area (Å²) in [6, 6.07) is 11.2. The van der Waals surface area contributed by atoms with Gasteiger partial charge in [0, 0.05) is 36.8 Å². The first-order chi connectivity index (χ1) is 28.9. The zero-order valence-electron chi connectivity index (χ0n) is 35.3. The van der Waals surface area contributed by atoms with Crippen molar-refractivity contribution in [3.63, 3.8) is 0 Å². The Hall–Kier alpha value is -4.61. The number of nitrogens with zero attached hydrogens (tertiary/aromatic N) is 7. The summed E-state index contributed by atoms with van der Waals surface area (Å²) < 4.78 is 85.0. The molecule has 0 bridgehead atoms. The van der Waals surface area contributed by atoms with E-state index in [0.29, 0.717) is 39.9 Å². The van der Waals surface area contributed by atoms with E-state index >= 15 is 0 Å². The zero-order valence-corrected chi connectivity index (χ0v) is 38.7. The monoisotopic (exact) mass is 940 g/mol. The average molecular weight is 941 g/mol. The number of benzene rings is 2. The SMILES string of the molecule is CC(C)C(CCl)NC(=O)c1nsc2ccc(-n3c(=O)cc(F)n(C)c3=O)cc12.CC(C)C1COC(c2nsc3ccc(-n4c(=O)cc(F)n(C)c4=O)cc23)=N1.FCF.FCF.[H-].[Na+]. The summed E-state index contributed by atoms with van der Waals surface area (Å²) in [7, 11) is 2.51. The summed E-state index contributed by atoms with van der Waals surface area (Å²) in [5.41, 5.74) is -1.75. The van der Waals surface area contributed by atoms with Gasteiger partial charge >= 0.3 is 40.9 Å². The van der Waals surface area contributed by atoms with Crippen LogP contribution in [0.4, 0.5) is 26.3 Å². The predicted molar refractivity (Wildman–Crippen MR) is 224 cm³/mol. The number of rotatable bonds is 8. The largest absolute Gasteiger partial charge is 1.00 e. The van der Waals surface area contributed by atoms with E-state index in [0.717, 1.165) is 52.0 Å². The van der Waals surface area contributed by atoms with E-state index in [1.54, 1.807) is 30.3 Å². The molecule has 2 unspecified atom stereocenters. The van der Waals surface area contributed by atoms with Crippen LogP contribution in [0.1, 0.15) is 45.3 Å². The Labute approximate surface area is 385 Å². The summed E-state index contributed by atoms with van der Waals surface area (Å²) in [6.45, 7) is 5.05. The molecule has 0 aliphatic carbocycles. The number of carbonyl (C=O) groups is 1. The number of ether oxygens (including phenoxy) is 1. The quantitative estimate of drug-likeness (QED) is 0.105. The van der Waals surface area contributed by atoms with E-state index in [4.69, 9.17) is 16.3 Å². The first-order valence-electron chi connectivity index (χ1n) is 18.0. The van der Waals surface area contributed by atoms with Gasteiger partial charge in [0.2, 0.25) is 31.6 Å². The number of nitrogens with one attached hydrogen (secondary N) is 1. The summed E-state index contributed by atoms with van der Waals surface area (Å²) in [5.74, 6) is -0.971. The number of aromatic nitrogens is 6. The van der Waals surface area contributed by atoms with Crippen LogP contribution >= 0.6 is 34.7 Å². The molecular formula is C38H40ClF6N8NaO6S2. The maximum absolute atomic E-state index is 13.6. The molecule has 0 saturated carbocycles. The first-order valence-corrected chi connectivity index (χ1v) is 20.1. The molecule has 7 rings (SSSR count). The summed E-state index contributed by atoms with van der Waals surface area (Å²) in [4.78, 5) is 66.3. The maximum Gasteiger partial charge on any atom is 1.00 e. The molecule has 6 aromatic rings. The van der Waals surface area contributed by atoms with Gasteiger partial charge in [-0.2, -0.15) is 17.5 Å². The number of alkyl halides is 5. The van der Waals surface area contributed by atoms with Gasteiger partial charge in [-0.15, -0.1) is 11.6 Å². The number of hydrogen-bond donors (Lipinski definition) is 1. The van der Waals surface area contributed by atoms with Crippen molar-refractivity contribution in [2.45, 2.75) is 39.8 Å². The Bertz CT molecular complexity index is 2800. The fraction of sp³-hybridized carbons (Fsp3) is 0.368. The average Bonchev–Trinajstić information content (AvgIpc) is 3.98. The maximum atomic E-state index is 13.6. The molecule has 2 aromatic carbocycles. The van der Waals surface area contributed by atoms with Crippen LogP contribution in [0.15, 0.2) is 72.7 Å². The Morgan fingerprint density at radius 2 is 1.29 bits per heavy atom. The standard InChI is InChI=1S/C18H18ClFN4O3S.C18H17FN4O3S.2CH2F2.Na.H/c1-9(2)12(8-19)21-17(26)16-11-6-10(4-5-13(11)28-22-16)24-15(25)7-14(20)23(3)18(24)27;1-9(2)12-8-26-17(20-12)16-11-6-10(4-5-13(11)27-21-16)23-15(24)7-14(19)22(3)18(23)25;2*2-1-3;;/h4-7,9,12H,8H2,1-3H3,(H,21,26);4-7,9,12H,8H2,1-3H3;2*1H2;;/q;;;;+1;-1. The van der Waals surface area contributed by atoms with E-state index in [9.17, 15) is 50.3 Å². The third-order valence-electron chi connectivity index (χ3n) is 9.10. The van der Waals surface area contributed by atoms with Crippen LogP contribution in [0.3, 0.4) is 0 Å². The van der Waals surface area contributed by atoms with Crippen LogP contribution in [-0.4, -0.2) is 77.2 Å². The van der Waals surface area contributed by atoms with Gasteiger partial charge in [-0.05, 0) is 71.3 Å². The van der Waals surface area contributed by atoms with Crippen molar-refractivity contribution in [1.82, 2.24) is 32.3 Å². The van der Waals surface area contributed by atoms with Crippen LogP contribution in [0.25, 0.3) is 31.5 Å². The number of aliphatic imine (C=N–C) groups is 1. The van der Waals surface area contributed by atoms with Crippen molar-refractivity contribution in [3.05, 3.63) is 113 Å². The van der Waals surface area contributed by atoms with Crippen molar-refractivity contribution in [2.24, 2.45) is 30.9 Å². The third kappa shape index (κ3) is 11.7. The molecule has 0 fully saturated rings. The summed E-state index contributed by atoms with van der Waals surface area (Å²) in [5, 5.41) is 4.08. The van der Waals surface area contributed by atoms with Gasteiger partial charge in [-0.3, -0.25) is 23.5 Å².